The largest absolute Gasteiger partial charge is 0.497 e. The number of rotatable bonds is 8. The number of thioether (sulfide) groups is 1. The van der Waals surface area contributed by atoms with Gasteiger partial charge in [0.15, 0.2) is 11.0 Å². The molecule has 0 radical (unpaired) electrons. The van der Waals surface area contributed by atoms with Gasteiger partial charge < -0.3 is 14.8 Å². The van der Waals surface area contributed by atoms with Crippen LogP contribution in [0.2, 0.25) is 10.0 Å². The van der Waals surface area contributed by atoms with Crippen LogP contribution in [-0.2, 0) is 4.79 Å². The first-order valence-corrected chi connectivity index (χ1v) is 11.8. The van der Waals surface area contributed by atoms with E-state index in [2.05, 4.69) is 15.5 Å². The van der Waals surface area contributed by atoms with Crippen LogP contribution in [0.3, 0.4) is 0 Å². The van der Waals surface area contributed by atoms with Gasteiger partial charge in [0.2, 0.25) is 5.91 Å². The van der Waals surface area contributed by atoms with Crippen LogP contribution in [0.4, 0.5) is 5.69 Å². The molecule has 0 aliphatic carbocycles. The topological polar surface area (TPSA) is 78.3 Å². The molecule has 1 aromatic heterocycles. The molecule has 0 fully saturated rings. The van der Waals surface area contributed by atoms with Crippen molar-refractivity contribution < 1.29 is 14.3 Å². The first-order valence-electron chi connectivity index (χ1n) is 10.1. The Kier molecular flexibility index (Phi) is 7.62. The third-order valence-electron chi connectivity index (χ3n) is 4.80. The second-order valence-corrected chi connectivity index (χ2v) is 8.82. The van der Waals surface area contributed by atoms with Crippen molar-refractivity contribution in [1.29, 1.82) is 0 Å². The molecule has 0 spiro atoms. The Hall–Kier alpha value is -3.20. The van der Waals surface area contributed by atoms with E-state index in [4.69, 9.17) is 32.7 Å². The Labute approximate surface area is 211 Å². The molecule has 34 heavy (non-hydrogen) atoms. The maximum atomic E-state index is 12.7. The number of methoxy groups -OCH3 is 2. The van der Waals surface area contributed by atoms with Crippen LogP contribution >= 0.6 is 35.0 Å². The number of benzene rings is 3. The molecule has 10 heteroatoms. The van der Waals surface area contributed by atoms with Gasteiger partial charge in [-0.2, -0.15) is 0 Å². The minimum absolute atomic E-state index is 0.105. The van der Waals surface area contributed by atoms with Crippen LogP contribution in [0.1, 0.15) is 0 Å². The third kappa shape index (κ3) is 5.47. The van der Waals surface area contributed by atoms with Crippen molar-refractivity contribution in [2.24, 2.45) is 0 Å². The first kappa shape index (κ1) is 23.9. The predicted octanol–water partition coefficient (Wildman–Crippen LogP) is 5.99. The van der Waals surface area contributed by atoms with Crippen LogP contribution in [0.5, 0.6) is 11.5 Å². The second kappa shape index (κ2) is 10.8. The number of ether oxygens (including phenoxy) is 2. The molecule has 0 saturated heterocycles. The Morgan fingerprint density at radius 3 is 2.29 bits per heavy atom. The van der Waals surface area contributed by atoms with E-state index < -0.39 is 0 Å². The van der Waals surface area contributed by atoms with Gasteiger partial charge in [-0.1, -0.05) is 47.1 Å². The lowest BCUT2D eigenvalue weighted by Crippen LogP contribution is -2.14. The molecule has 0 aliphatic heterocycles. The average Bonchev–Trinajstić information content (AvgIpc) is 3.27. The van der Waals surface area contributed by atoms with Crippen LogP contribution in [0.25, 0.3) is 17.1 Å². The number of nitrogens with zero attached hydrogens (tertiary/aromatic N) is 3. The highest BCUT2D eigenvalue weighted by Gasteiger charge is 2.19. The standard InChI is InChI=1S/C24H20Cl2N4O3S/c1-32-18-11-16(12-19(13-18)33-2)27-22(31)14-34-24-29-28-23(20-5-3-4-6-21(20)26)30(24)17-9-7-15(25)8-10-17/h3-13H,14H2,1-2H3,(H,27,31). The number of halogens is 2. The lowest BCUT2D eigenvalue weighted by atomic mass is 10.2. The van der Waals surface area contributed by atoms with Crippen LogP contribution < -0.4 is 14.8 Å². The minimum atomic E-state index is -0.217. The Morgan fingerprint density at radius 2 is 1.65 bits per heavy atom. The van der Waals surface area contributed by atoms with Crippen LogP contribution in [0.15, 0.2) is 71.9 Å². The van der Waals surface area contributed by atoms with Crippen molar-refractivity contribution in [1.82, 2.24) is 14.8 Å². The second-order valence-electron chi connectivity index (χ2n) is 7.04. The number of carbonyl (C=O) groups is 1. The molecule has 0 unspecified atom stereocenters. The summed E-state index contributed by atoms with van der Waals surface area (Å²) in [4.78, 5) is 12.7. The van der Waals surface area contributed by atoms with Crippen molar-refractivity contribution in [3.05, 3.63) is 76.8 Å². The number of amides is 1. The normalized spacial score (nSPS) is 10.7. The highest BCUT2D eigenvalue weighted by atomic mass is 35.5. The summed E-state index contributed by atoms with van der Waals surface area (Å²) >= 11 is 13.8. The highest BCUT2D eigenvalue weighted by molar-refractivity contribution is 7.99. The predicted molar refractivity (Wildman–Crippen MR) is 136 cm³/mol. The van der Waals surface area contributed by atoms with E-state index in [0.29, 0.717) is 38.2 Å². The lowest BCUT2D eigenvalue weighted by Gasteiger charge is -2.12. The van der Waals surface area contributed by atoms with Crippen molar-refractivity contribution in [3.63, 3.8) is 0 Å². The van der Waals surface area contributed by atoms with Crippen LogP contribution in [-0.4, -0.2) is 40.6 Å². The summed E-state index contributed by atoms with van der Waals surface area (Å²) in [5, 5.41) is 13.2. The molecule has 0 bridgehead atoms. The fourth-order valence-corrected chi connectivity index (χ4v) is 4.31. The molecular weight excluding hydrogens is 495 g/mol. The summed E-state index contributed by atoms with van der Waals surface area (Å²) in [6, 6.07) is 19.8. The van der Waals surface area contributed by atoms with Gasteiger partial charge in [0, 0.05) is 40.2 Å². The summed E-state index contributed by atoms with van der Waals surface area (Å²) in [6.45, 7) is 0. The van der Waals surface area contributed by atoms with E-state index >= 15 is 0 Å². The number of hydrogen-bond acceptors (Lipinski definition) is 6. The summed E-state index contributed by atoms with van der Waals surface area (Å²) in [6.07, 6.45) is 0. The van der Waals surface area contributed by atoms with Gasteiger partial charge >= 0.3 is 0 Å². The quantitative estimate of drug-likeness (QED) is 0.291. The molecule has 3 aromatic carbocycles. The highest BCUT2D eigenvalue weighted by Crippen LogP contribution is 2.32. The molecule has 0 saturated carbocycles. The van der Waals surface area contributed by atoms with Crippen LogP contribution in [0, 0.1) is 0 Å². The zero-order valence-electron chi connectivity index (χ0n) is 18.3. The SMILES string of the molecule is COc1cc(NC(=O)CSc2nnc(-c3ccccc3Cl)n2-c2ccc(Cl)cc2)cc(OC)c1. The molecule has 4 aromatic rings. The van der Waals surface area contributed by atoms with E-state index in [0.717, 1.165) is 11.3 Å². The molecule has 1 heterocycles. The van der Waals surface area contributed by atoms with Gasteiger partial charge in [-0.3, -0.25) is 9.36 Å². The summed E-state index contributed by atoms with van der Waals surface area (Å²) in [5.41, 5.74) is 2.09. The number of aromatic nitrogens is 3. The molecular formula is C24H20Cl2N4O3S. The Bertz CT molecular complexity index is 1290. The average molecular weight is 515 g/mol. The maximum Gasteiger partial charge on any atom is 0.234 e. The van der Waals surface area contributed by atoms with E-state index in [-0.39, 0.29) is 11.7 Å². The van der Waals surface area contributed by atoms with Gasteiger partial charge in [-0.25, -0.2) is 0 Å². The number of nitrogens with one attached hydrogen (secondary N) is 1. The summed E-state index contributed by atoms with van der Waals surface area (Å²) in [7, 11) is 3.10. The Balaban J connectivity index is 1.59. The molecule has 174 valence electrons. The van der Waals surface area contributed by atoms with Gasteiger partial charge in [0.05, 0.1) is 25.0 Å². The van der Waals surface area contributed by atoms with Crippen molar-refractivity contribution in [2.45, 2.75) is 5.16 Å². The molecule has 0 aliphatic rings. The van der Waals surface area contributed by atoms with E-state index in [1.807, 2.05) is 34.9 Å². The van der Waals surface area contributed by atoms with Crippen molar-refractivity contribution in [3.8, 4) is 28.6 Å². The van der Waals surface area contributed by atoms with Gasteiger partial charge in [-0.15, -0.1) is 10.2 Å². The first-order chi connectivity index (χ1) is 16.5. The zero-order chi connectivity index (χ0) is 24.1. The number of carbonyl (C=O) groups excluding carboxylic acids is 1. The fraction of sp³-hybridized carbons (Fsp3) is 0.125. The number of anilines is 1. The van der Waals surface area contributed by atoms with Crippen molar-refractivity contribution in [2.75, 3.05) is 25.3 Å². The fourth-order valence-electron chi connectivity index (χ4n) is 3.21. The third-order valence-corrected chi connectivity index (χ3v) is 6.31. The molecule has 0 atom stereocenters. The molecule has 7 nitrogen and oxygen atoms in total. The monoisotopic (exact) mass is 514 g/mol. The van der Waals surface area contributed by atoms with Gasteiger partial charge in [0.25, 0.3) is 0 Å². The van der Waals surface area contributed by atoms with Crippen molar-refractivity contribution >= 4 is 46.6 Å². The Morgan fingerprint density at radius 1 is 0.971 bits per heavy atom. The van der Waals surface area contributed by atoms with Gasteiger partial charge in [0.1, 0.15) is 11.5 Å². The smallest absolute Gasteiger partial charge is 0.234 e. The molecule has 1 amide bonds. The maximum absolute atomic E-state index is 12.7. The molecule has 4 rings (SSSR count). The summed E-state index contributed by atoms with van der Waals surface area (Å²) < 4.78 is 12.4. The summed E-state index contributed by atoms with van der Waals surface area (Å²) in [5.74, 6) is 1.61. The van der Waals surface area contributed by atoms with E-state index in [9.17, 15) is 4.79 Å². The van der Waals surface area contributed by atoms with Gasteiger partial charge in [-0.05, 0) is 36.4 Å². The zero-order valence-corrected chi connectivity index (χ0v) is 20.6. The number of hydrogen-bond donors (Lipinski definition) is 1. The van der Waals surface area contributed by atoms with E-state index in [1.54, 1.807) is 50.6 Å². The van der Waals surface area contributed by atoms with E-state index in [1.165, 1.54) is 11.8 Å². The lowest BCUT2D eigenvalue weighted by molar-refractivity contribution is -0.113. The molecule has 1 N–H and O–H groups in total. The minimum Gasteiger partial charge on any atom is -0.497 e.